The Labute approximate surface area is 177 Å². The number of amides is 2. The van der Waals surface area contributed by atoms with E-state index >= 15 is 0 Å². The van der Waals surface area contributed by atoms with Gasteiger partial charge in [0.15, 0.2) is 0 Å². The van der Waals surface area contributed by atoms with Crippen molar-refractivity contribution in [3.63, 3.8) is 0 Å². The summed E-state index contributed by atoms with van der Waals surface area (Å²) in [6.45, 7) is 3.13. The van der Waals surface area contributed by atoms with E-state index in [0.717, 1.165) is 48.6 Å². The minimum atomic E-state index is -0.317. The lowest BCUT2D eigenvalue weighted by molar-refractivity contribution is -0.130. The van der Waals surface area contributed by atoms with E-state index in [-0.39, 0.29) is 23.3 Å². The van der Waals surface area contributed by atoms with Gasteiger partial charge >= 0.3 is 0 Å². The highest BCUT2D eigenvalue weighted by atomic mass is 16.5. The Morgan fingerprint density at radius 2 is 2.00 bits per heavy atom. The van der Waals surface area contributed by atoms with E-state index in [9.17, 15) is 9.59 Å². The zero-order valence-corrected chi connectivity index (χ0v) is 17.6. The number of fused-ring (bicyclic) bond motifs is 1. The number of rotatable bonds is 6. The molecule has 1 aromatic carbocycles. The third-order valence-corrected chi connectivity index (χ3v) is 6.60. The zero-order chi connectivity index (χ0) is 21.0. The van der Waals surface area contributed by atoms with E-state index in [2.05, 4.69) is 10.3 Å². The molecule has 2 N–H and O–H groups in total. The van der Waals surface area contributed by atoms with Crippen LogP contribution >= 0.6 is 0 Å². The number of aromatic amines is 1. The molecule has 0 spiro atoms. The Kier molecular flexibility index (Phi) is 6.39. The van der Waals surface area contributed by atoms with Crippen LogP contribution in [0.2, 0.25) is 0 Å². The van der Waals surface area contributed by atoms with E-state index in [1.165, 1.54) is 0 Å². The maximum atomic E-state index is 13.2. The van der Waals surface area contributed by atoms with Gasteiger partial charge in [-0.1, -0.05) is 6.07 Å². The van der Waals surface area contributed by atoms with Crippen molar-refractivity contribution in [2.45, 2.75) is 37.6 Å². The smallest absolute Gasteiger partial charge is 0.254 e. The molecule has 0 saturated carbocycles. The van der Waals surface area contributed by atoms with Gasteiger partial charge in [0.1, 0.15) is 0 Å². The number of benzene rings is 1. The highest BCUT2D eigenvalue weighted by Gasteiger charge is 2.38. The fraction of sp³-hybridized carbons (Fsp3) is 0.565. The number of H-pyrrole nitrogens is 1. The molecule has 2 fully saturated rings. The minimum Gasteiger partial charge on any atom is -0.385 e. The number of carbonyl (C=O) groups is 2. The van der Waals surface area contributed by atoms with Gasteiger partial charge in [-0.3, -0.25) is 9.59 Å². The molecule has 2 saturated heterocycles. The third kappa shape index (κ3) is 4.37. The number of hydrogen-bond acceptors (Lipinski definition) is 4. The summed E-state index contributed by atoms with van der Waals surface area (Å²) < 4.78 is 10.7. The molecular formula is C23H31N3O4. The van der Waals surface area contributed by atoms with Crippen molar-refractivity contribution >= 4 is 22.7 Å². The van der Waals surface area contributed by atoms with Crippen LogP contribution in [-0.2, 0) is 14.3 Å². The lowest BCUT2D eigenvalue weighted by atomic mass is 9.83. The summed E-state index contributed by atoms with van der Waals surface area (Å²) in [5.41, 5.74) is 1.38. The van der Waals surface area contributed by atoms with Crippen molar-refractivity contribution in [1.82, 2.24) is 15.2 Å². The summed E-state index contributed by atoms with van der Waals surface area (Å²) in [4.78, 5) is 31.2. The number of carbonyl (C=O) groups excluding carboxylic acids is 2. The van der Waals surface area contributed by atoms with Crippen molar-refractivity contribution in [2.75, 3.05) is 40.0 Å². The predicted octanol–water partition coefficient (Wildman–Crippen LogP) is 2.72. The molecule has 7 nitrogen and oxygen atoms in total. The topological polar surface area (TPSA) is 83.7 Å². The second-order valence-corrected chi connectivity index (χ2v) is 8.44. The molecule has 4 rings (SSSR count). The Bertz CT molecular complexity index is 879. The van der Waals surface area contributed by atoms with Crippen LogP contribution in [-0.4, -0.2) is 67.3 Å². The van der Waals surface area contributed by atoms with E-state index in [1.807, 2.05) is 35.4 Å². The van der Waals surface area contributed by atoms with Crippen molar-refractivity contribution in [1.29, 1.82) is 0 Å². The minimum absolute atomic E-state index is 0.0176. The highest BCUT2D eigenvalue weighted by Crippen LogP contribution is 2.29. The Hall–Kier alpha value is -2.38. The van der Waals surface area contributed by atoms with Gasteiger partial charge in [0.25, 0.3) is 5.91 Å². The van der Waals surface area contributed by atoms with Gasteiger partial charge < -0.3 is 24.7 Å². The number of ether oxygens (including phenoxy) is 2. The molecule has 0 atom stereocenters. The molecule has 3 heterocycles. The van der Waals surface area contributed by atoms with Crippen LogP contribution in [0.15, 0.2) is 30.5 Å². The monoisotopic (exact) mass is 413 g/mol. The molecule has 2 aliphatic heterocycles. The van der Waals surface area contributed by atoms with Crippen LogP contribution in [0.1, 0.15) is 42.5 Å². The van der Waals surface area contributed by atoms with Crippen molar-refractivity contribution in [3.05, 3.63) is 36.0 Å². The SMILES string of the molecule is COCCC1(NC(=O)C2CCOCC2)CCN(C(=O)c2cccc3[nH]ccc23)CC1. The lowest BCUT2D eigenvalue weighted by Gasteiger charge is -2.43. The number of aromatic nitrogens is 1. The summed E-state index contributed by atoms with van der Waals surface area (Å²) >= 11 is 0. The largest absolute Gasteiger partial charge is 0.385 e. The maximum Gasteiger partial charge on any atom is 0.254 e. The average Bonchev–Trinajstić information content (AvgIpc) is 3.27. The Balaban J connectivity index is 1.44. The molecule has 2 amide bonds. The first kappa shape index (κ1) is 20.9. The number of piperidine rings is 1. The fourth-order valence-electron chi connectivity index (χ4n) is 4.64. The van der Waals surface area contributed by atoms with Crippen LogP contribution in [0, 0.1) is 5.92 Å². The summed E-state index contributed by atoms with van der Waals surface area (Å²) in [7, 11) is 1.68. The van der Waals surface area contributed by atoms with Crippen molar-refractivity contribution in [2.24, 2.45) is 5.92 Å². The molecule has 30 heavy (non-hydrogen) atoms. The van der Waals surface area contributed by atoms with E-state index < -0.39 is 0 Å². The fourth-order valence-corrected chi connectivity index (χ4v) is 4.64. The quantitative estimate of drug-likeness (QED) is 0.763. The molecule has 7 heteroatoms. The molecule has 2 aromatic rings. The summed E-state index contributed by atoms with van der Waals surface area (Å²) in [6, 6.07) is 7.72. The molecule has 2 aliphatic rings. The van der Waals surface area contributed by atoms with E-state index in [0.29, 0.717) is 32.9 Å². The highest BCUT2D eigenvalue weighted by molar-refractivity contribution is 6.06. The van der Waals surface area contributed by atoms with Crippen LogP contribution < -0.4 is 5.32 Å². The molecular weight excluding hydrogens is 382 g/mol. The molecule has 162 valence electrons. The van der Waals surface area contributed by atoms with Crippen LogP contribution in [0.25, 0.3) is 10.9 Å². The van der Waals surface area contributed by atoms with Crippen LogP contribution in [0.5, 0.6) is 0 Å². The van der Waals surface area contributed by atoms with Crippen molar-refractivity contribution in [3.8, 4) is 0 Å². The first-order chi connectivity index (χ1) is 14.6. The first-order valence-electron chi connectivity index (χ1n) is 10.9. The normalized spacial score (nSPS) is 19.7. The number of likely N-dealkylation sites (tertiary alicyclic amines) is 1. The van der Waals surface area contributed by atoms with Gasteiger partial charge in [-0.05, 0) is 50.3 Å². The summed E-state index contributed by atoms with van der Waals surface area (Å²) in [5.74, 6) is 0.187. The number of hydrogen-bond donors (Lipinski definition) is 2. The van der Waals surface area contributed by atoms with Gasteiger partial charge in [-0.25, -0.2) is 0 Å². The summed E-state index contributed by atoms with van der Waals surface area (Å²) in [5, 5.41) is 4.29. The number of nitrogens with zero attached hydrogens (tertiary/aromatic N) is 1. The van der Waals surface area contributed by atoms with Gasteiger partial charge in [0, 0.05) is 74.1 Å². The van der Waals surface area contributed by atoms with Crippen molar-refractivity contribution < 1.29 is 19.1 Å². The second-order valence-electron chi connectivity index (χ2n) is 8.44. The molecule has 0 bridgehead atoms. The summed E-state index contributed by atoms with van der Waals surface area (Å²) in [6.07, 6.45) is 5.64. The standard InChI is InChI=1S/C23H31N3O4/c1-29-16-10-23(25-21(27)17-6-14-30-15-7-17)8-12-26(13-9-23)22(28)19-3-2-4-20-18(19)5-11-24-20/h2-5,11,17,24H,6-10,12-16H2,1H3,(H,25,27). The number of nitrogens with one attached hydrogen (secondary N) is 2. The maximum absolute atomic E-state index is 13.2. The Morgan fingerprint density at radius 1 is 1.23 bits per heavy atom. The van der Waals surface area contributed by atoms with Gasteiger partial charge in [-0.2, -0.15) is 0 Å². The zero-order valence-electron chi connectivity index (χ0n) is 17.6. The average molecular weight is 414 g/mol. The molecule has 1 aromatic heterocycles. The van der Waals surface area contributed by atoms with Crippen LogP contribution in [0.3, 0.4) is 0 Å². The van der Waals surface area contributed by atoms with Gasteiger partial charge in [0.05, 0.1) is 0 Å². The van der Waals surface area contributed by atoms with E-state index in [1.54, 1.807) is 7.11 Å². The van der Waals surface area contributed by atoms with Gasteiger partial charge in [-0.15, -0.1) is 0 Å². The second kappa shape index (κ2) is 9.18. The number of methoxy groups -OCH3 is 1. The third-order valence-electron chi connectivity index (χ3n) is 6.60. The molecule has 0 unspecified atom stereocenters. The van der Waals surface area contributed by atoms with Crippen LogP contribution in [0.4, 0.5) is 0 Å². The lowest BCUT2D eigenvalue weighted by Crippen LogP contribution is -2.58. The first-order valence-corrected chi connectivity index (χ1v) is 10.9. The Morgan fingerprint density at radius 3 is 2.73 bits per heavy atom. The predicted molar refractivity (Wildman–Crippen MR) is 114 cm³/mol. The molecule has 0 radical (unpaired) electrons. The van der Waals surface area contributed by atoms with E-state index in [4.69, 9.17) is 9.47 Å². The van der Waals surface area contributed by atoms with Gasteiger partial charge in [0.2, 0.25) is 5.91 Å². The molecule has 0 aliphatic carbocycles.